The second kappa shape index (κ2) is 7.49. The lowest BCUT2D eigenvalue weighted by molar-refractivity contribution is 0.346. The van der Waals surface area contributed by atoms with Crippen LogP contribution in [0, 0.1) is 0 Å². The van der Waals surface area contributed by atoms with Gasteiger partial charge in [0.25, 0.3) is 10.0 Å². The first kappa shape index (κ1) is 17.6. The van der Waals surface area contributed by atoms with Crippen LogP contribution in [-0.2, 0) is 10.0 Å². The van der Waals surface area contributed by atoms with Crippen molar-refractivity contribution in [1.29, 1.82) is 0 Å². The van der Waals surface area contributed by atoms with Crippen LogP contribution < -0.4 is 5.73 Å². The molecule has 7 heteroatoms. The van der Waals surface area contributed by atoms with Crippen molar-refractivity contribution in [3.63, 3.8) is 0 Å². The lowest BCUT2D eigenvalue weighted by Gasteiger charge is -2.25. The lowest BCUT2D eigenvalue weighted by atomic mass is 10.2. The van der Waals surface area contributed by atoms with Gasteiger partial charge in [-0.1, -0.05) is 32.0 Å². The van der Waals surface area contributed by atoms with Crippen molar-refractivity contribution in [2.24, 2.45) is 5.73 Å². The van der Waals surface area contributed by atoms with E-state index < -0.39 is 10.0 Å². The van der Waals surface area contributed by atoms with Crippen molar-refractivity contribution >= 4 is 38.6 Å². The zero-order chi connectivity index (χ0) is 15.3. The van der Waals surface area contributed by atoms with Gasteiger partial charge in [-0.3, -0.25) is 0 Å². The normalized spacial score (nSPS) is 12.2. The van der Waals surface area contributed by atoms with E-state index in [2.05, 4.69) is 6.92 Å². The van der Waals surface area contributed by atoms with Gasteiger partial charge in [-0.15, -0.1) is 11.3 Å². The molecule has 20 heavy (non-hydrogen) atoms. The molecule has 0 radical (unpaired) electrons. The summed E-state index contributed by atoms with van der Waals surface area (Å²) >= 11 is 6.02. The van der Waals surface area contributed by atoms with Gasteiger partial charge in [-0.25, -0.2) is 8.42 Å². The van der Waals surface area contributed by atoms with Crippen molar-refractivity contribution in [2.75, 3.05) is 6.54 Å². The molecule has 1 heterocycles. The van der Waals surface area contributed by atoms with Crippen molar-refractivity contribution in [1.82, 2.24) is 4.31 Å². The van der Waals surface area contributed by atoms with Gasteiger partial charge in [0, 0.05) is 12.6 Å². The summed E-state index contributed by atoms with van der Waals surface area (Å²) in [5.74, 6) is 0. The number of sulfonamides is 1. The highest BCUT2D eigenvalue weighted by atomic mass is 32.2. The van der Waals surface area contributed by atoms with Gasteiger partial charge in [-0.2, -0.15) is 4.31 Å². The second-order valence-corrected chi connectivity index (χ2v) is 8.54. The Morgan fingerprint density at radius 2 is 2.05 bits per heavy atom. The second-order valence-electron chi connectivity index (χ2n) is 4.90. The molecule has 1 rings (SSSR count). The first-order chi connectivity index (χ1) is 9.30. The molecule has 0 amide bonds. The van der Waals surface area contributed by atoms with Crippen LogP contribution in [0.15, 0.2) is 16.3 Å². The van der Waals surface area contributed by atoms with Crippen LogP contribution in [0.1, 0.15) is 44.9 Å². The van der Waals surface area contributed by atoms with Gasteiger partial charge in [0.05, 0.1) is 4.88 Å². The minimum absolute atomic E-state index is 0.0627. The zero-order valence-electron chi connectivity index (χ0n) is 12.1. The summed E-state index contributed by atoms with van der Waals surface area (Å²) in [5, 5.41) is 0. The van der Waals surface area contributed by atoms with E-state index in [1.165, 1.54) is 0 Å². The Morgan fingerprint density at radius 1 is 1.40 bits per heavy atom. The van der Waals surface area contributed by atoms with E-state index in [-0.39, 0.29) is 11.0 Å². The SMILES string of the molecule is CCCCCN(C(C)C)S(=O)(=O)c1ccc(C(N)=S)s1. The fraction of sp³-hybridized carbons (Fsp3) is 0.615. The first-order valence-electron chi connectivity index (χ1n) is 6.72. The molecule has 2 N–H and O–H groups in total. The molecule has 0 fully saturated rings. The number of hydrogen-bond donors (Lipinski definition) is 1. The quantitative estimate of drug-likeness (QED) is 0.586. The van der Waals surface area contributed by atoms with E-state index in [4.69, 9.17) is 18.0 Å². The van der Waals surface area contributed by atoms with Crippen LogP contribution >= 0.6 is 23.6 Å². The van der Waals surface area contributed by atoms with E-state index in [0.717, 1.165) is 30.6 Å². The highest BCUT2D eigenvalue weighted by Crippen LogP contribution is 2.26. The molecule has 0 saturated carbocycles. The van der Waals surface area contributed by atoms with E-state index in [9.17, 15) is 8.42 Å². The van der Waals surface area contributed by atoms with Crippen molar-refractivity contribution in [2.45, 2.75) is 50.3 Å². The van der Waals surface area contributed by atoms with E-state index in [1.807, 2.05) is 13.8 Å². The Morgan fingerprint density at radius 3 is 2.50 bits per heavy atom. The Kier molecular flexibility index (Phi) is 6.57. The summed E-state index contributed by atoms with van der Waals surface area (Å²) in [5.41, 5.74) is 5.54. The molecule has 0 aliphatic carbocycles. The Bertz CT molecular complexity index is 550. The molecular formula is C13H22N2O2S3. The number of hydrogen-bond acceptors (Lipinski definition) is 4. The third-order valence-electron chi connectivity index (χ3n) is 2.95. The third-order valence-corrected chi connectivity index (χ3v) is 6.96. The van der Waals surface area contributed by atoms with Crippen molar-refractivity contribution in [3.05, 3.63) is 17.0 Å². The minimum atomic E-state index is -3.46. The van der Waals surface area contributed by atoms with Crippen LogP contribution in [-0.4, -0.2) is 30.3 Å². The largest absolute Gasteiger partial charge is 0.389 e. The molecule has 0 saturated heterocycles. The van der Waals surface area contributed by atoms with Gasteiger partial charge >= 0.3 is 0 Å². The Balaban J connectivity index is 2.99. The summed E-state index contributed by atoms with van der Waals surface area (Å²) in [6.07, 6.45) is 2.97. The molecule has 1 aromatic rings. The van der Waals surface area contributed by atoms with Gasteiger partial charge in [0.1, 0.15) is 9.20 Å². The highest BCUT2D eigenvalue weighted by molar-refractivity contribution is 7.91. The minimum Gasteiger partial charge on any atom is -0.389 e. The molecule has 0 aliphatic rings. The summed E-state index contributed by atoms with van der Waals surface area (Å²) in [7, 11) is -3.46. The van der Waals surface area contributed by atoms with Crippen molar-refractivity contribution < 1.29 is 8.42 Å². The van der Waals surface area contributed by atoms with E-state index in [1.54, 1.807) is 16.4 Å². The zero-order valence-corrected chi connectivity index (χ0v) is 14.6. The third kappa shape index (κ3) is 4.25. The molecule has 0 bridgehead atoms. The van der Waals surface area contributed by atoms with Gasteiger partial charge in [-0.05, 0) is 32.4 Å². The van der Waals surface area contributed by atoms with Crippen LogP contribution in [0.2, 0.25) is 0 Å². The Labute approximate surface area is 131 Å². The van der Waals surface area contributed by atoms with E-state index in [0.29, 0.717) is 15.6 Å². The maximum absolute atomic E-state index is 12.7. The lowest BCUT2D eigenvalue weighted by Crippen LogP contribution is -2.37. The summed E-state index contributed by atoms with van der Waals surface area (Å²) in [6.45, 7) is 6.44. The summed E-state index contributed by atoms with van der Waals surface area (Å²) < 4.78 is 27.2. The fourth-order valence-electron chi connectivity index (χ4n) is 1.88. The van der Waals surface area contributed by atoms with Gasteiger partial charge in [0.2, 0.25) is 0 Å². The molecule has 4 nitrogen and oxygen atoms in total. The molecule has 0 spiro atoms. The molecule has 0 unspecified atom stereocenters. The standard InChI is InChI=1S/C13H22N2O2S3/c1-4-5-6-9-15(10(2)3)20(16,17)12-8-7-11(19-12)13(14)18/h7-8,10H,4-6,9H2,1-3H3,(H2,14,18). The number of thiophene rings is 1. The number of nitrogens with two attached hydrogens (primary N) is 1. The summed E-state index contributed by atoms with van der Waals surface area (Å²) in [6, 6.07) is 3.20. The average molecular weight is 335 g/mol. The maximum atomic E-state index is 12.7. The molecular weight excluding hydrogens is 312 g/mol. The molecule has 0 atom stereocenters. The van der Waals surface area contributed by atoms with Crippen molar-refractivity contribution in [3.8, 4) is 0 Å². The average Bonchev–Trinajstić information content (AvgIpc) is 2.84. The van der Waals surface area contributed by atoms with E-state index >= 15 is 0 Å². The monoisotopic (exact) mass is 334 g/mol. The number of unbranched alkanes of at least 4 members (excludes halogenated alkanes) is 2. The number of rotatable bonds is 8. The predicted octanol–water partition coefficient (Wildman–Crippen LogP) is 2.97. The molecule has 0 aromatic carbocycles. The van der Waals surface area contributed by atoms with Crippen LogP contribution in [0.25, 0.3) is 0 Å². The van der Waals surface area contributed by atoms with Crippen LogP contribution in [0.4, 0.5) is 0 Å². The predicted molar refractivity (Wildman–Crippen MR) is 88.8 cm³/mol. The Hall–Kier alpha value is -0.500. The highest BCUT2D eigenvalue weighted by Gasteiger charge is 2.28. The number of nitrogens with zero attached hydrogens (tertiary/aromatic N) is 1. The summed E-state index contributed by atoms with van der Waals surface area (Å²) in [4.78, 5) is 0.870. The molecule has 1 aromatic heterocycles. The van der Waals surface area contributed by atoms with Gasteiger partial charge < -0.3 is 5.73 Å². The maximum Gasteiger partial charge on any atom is 0.252 e. The van der Waals surface area contributed by atoms with Crippen LogP contribution in [0.5, 0.6) is 0 Å². The van der Waals surface area contributed by atoms with Gasteiger partial charge in [0.15, 0.2) is 0 Å². The first-order valence-corrected chi connectivity index (χ1v) is 9.38. The van der Waals surface area contributed by atoms with Crippen LogP contribution in [0.3, 0.4) is 0 Å². The molecule has 0 aliphatic heterocycles. The topological polar surface area (TPSA) is 63.4 Å². The molecule has 114 valence electrons. The fourth-order valence-corrected chi connectivity index (χ4v) is 5.04. The number of thiocarbonyl (C=S) groups is 1. The smallest absolute Gasteiger partial charge is 0.252 e.